The second kappa shape index (κ2) is 3.67. The van der Waals surface area contributed by atoms with Gasteiger partial charge in [-0.2, -0.15) is 0 Å². The van der Waals surface area contributed by atoms with Gasteiger partial charge in [0, 0.05) is 18.5 Å². The maximum Gasteiger partial charge on any atom is 0.133 e. The van der Waals surface area contributed by atoms with Crippen LogP contribution >= 0.6 is 0 Å². The topological polar surface area (TPSA) is 42.1 Å². The molecule has 0 radical (unpaired) electrons. The van der Waals surface area contributed by atoms with Gasteiger partial charge in [0.25, 0.3) is 0 Å². The van der Waals surface area contributed by atoms with Gasteiger partial charge in [-0.25, -0.2) is 4.98 Å². The minimum atomic E-state index is 0.639. The molecular formula is C13H15N3. The number of benzene rings is 1. The van der Waals surface area contributed by atoms with Gasteiger partial charge in [0.1, 0.15) is 11.6 Å². The molecule has 1 aromatic heterocycles. The highest BCUT2D eigenvalue weighted by Gasteiger charge is 2.14. The molecule has 82 valence electrons. The minimum absolute atomic E-state index is 0.639. The van der Waals surface area contributed by atoms with Gasteiger partial charge in [-0.3, -0.25) is 0 Å². The quantitative estimate of drug-likeness (QED) is 0.791. The molecule has 1 aliphatic rings. The van der Waals surface area contributed by atoms with Gasteiger partial charge in [-0.15, -0.1) is 0 Å². The van der Waals surface area contributed by atoms with Crippen LogP contribution in [-0.2, 0) is 0 Å². The summed E-state index contributed by atoms with van der Waals surface area (Å²) in [5, 5.41) is 2.22. The van der Waals surface area contributed by atoms with Gasteiger partial charge in [0.2, 0.25) is 0 Å². The molecule has 0 atom stereocenters. The molecule has 16 heavy (non-hydrogen) atoms. The number of nitrogens with zero attached hydrogens (tertiary/aromatic N) is 2. The van der Waals surface area contributed by atoms with Crippen LogP contribution in [-0.4, -0.2) is 18.1 Å². The highest BCUT2D eigenvalue weighted by atomic mass is 15.2. The molecule has 1 fully saturated rings. The fourth-order valence-electron chi connectivity index (χ4n) is 2.32. The van der Waals surface area contributed by atoms with Crippen LogP contribution in [0.3, 0.4) is 0 Å². The summed E-state index contributed by atoms with van der Waals surface area (Å²) in [6.45, 7) is 2.20. The van der Waals surface area contributed by atoms with Gasteiger partial charge < -0.3 is 10.6 Å². The van der Waals surface area contributed by atoms with Crippen molar-refractivity contribution in [1.82, 2.24) is 4.98 Å². The van der Waals surface area contributed by atoms with E-state index in [4.69, 9.17) is 5.73 Å². The van der Waals surface area contributed by atoms with Gasteiger partial charge in [0.05, 0.1) is 0 Å². The lowest BCUT2D eigenvalue weighted by Gasteiger charge is -2.17. The number of pyridine rings is 1. The van der Waals surface area contributed by atoms with Crippen molar-refractivity contribution in [3.63, 3.8) is 0 Å². The minimum Gasteiger partial charge on any atom is -0.383 e. The summed E-state index contributed by atoms with van der Waals surface area (Å²) in [6, 6.07) is 10.3. The number of hydrogen-bond acceptors (Lipinski definition) is 3. The van der Waals surface area contributed by atoms with E-state index in [1.807, 2.05) is 18.2 Å². The van der Waals surface area contributed by atoms with E-state index in [-0.39, 0.29) is 0 Å². The Morgan fingerprint density at radius 1 is 1.12 bits per heavy atom. The predicted molar refractivity (Wildman–Crippen MR) is 67.6 cm³/mol. The zero-order valence-corrected chi connectivity index (χ0v) is 9.19. The number of anilines is 2. The molecule has 3 heteroatoms. The van der Waals surface area contributed by atoms with Crippen LogP contribution < -0.4 is 10.6 Å². The Hall–Kier alpha value is -1.77. The van der Waals surface area contributed by atoms with Gasteiger partial charge >= 0.3 is 0 Å². The summed E-state index contributed by atoms with van der Waals surface area (Å²) in [6.07, 6.45) is 2.52. The molecular weight excluding hydrogens is 198 g/mol. The number of nitrogen functional groups attached to an aromatic ring is 1. The Bertz CT molecular complexity index is 516. The van der Waals surface area contributed by atoms with E-state index >= 15 is 0 Å². The van der Waals surface area contributed by atoms with Crippen LogP contribution in [0, 0.1) is 0 Å². The van der Waals surface area contributed by atoms with Crippen molar-refractivity contribution in [3.8, 4) is 0 Å². The van der Waals surface area contributed by atoms with Crippen LogP contribution in [0.1, 0.15) is 12.8 Å². The highest BCUT2D eigenvalue weighted by Crippen LogP contribution is 2.26. The molecule has 0 aliphatic carbocycles. The van der Waals surface area contributed by atoms with E-state index in [2.05, 4.69) is 22.0 Å². The Morgan fingerprint density at radius 2 is 1.88 bits per heavy atom. The van der Waals surface area contributed by atoms with Crippen LogP contribution in [0.4, 0.5) is 11.6 Å². The zero-order valence-electron chi connectivity index (χ0n) is 9.19. The Balaban J connectivity index is 2.13. The first-order valence-electron chi connectivity index (χ1n) is 5.75. The van der Waals surface area contributed by atoms with Crippen LogP contribution in [0.2, 0.25) is 0 Å². The highest BCUT2D eigenvalue weighted by molar-refractivity contribution is 5.92. The van der Waals surface area contributed by atoms with E-state index in [0.29, 0.717) is 5.82 Å². The van der Waals surface area contributed by atoms with Crippen molar-refractivity contribution < 1.29 is 0 Å². The van der Waals surface area contributed by atoms with E-state index in [9.17, 15) is 0 Å². The number of hydrogen-bond donors (Lipinski definition) is 1. The summed E-state index contributed by atoms with van der Waals surface area (Å²) in [5.41, 5.74) is 5.99. The third-order valence-corrected chi connectivity index (χ3v) is 3.19. The van der Waals surface area contributed by atoms with Crippen molar-refractivity contribution in [2.75, 3.05) is 23.7 Å². The largest absolute Gasteiger partial charge is 0.383 e. The molecule has 2 aromatic rings. The molecule has 0 saturated carbocycles. The summed E-state index contributed by atoms with van der Waals surface area (Å²) in [4.78, 5) is 6.80. The summed E-state index contributed by atoms with van der Waals surface area (Å²) in [5.74, 6) is 1.66. The fraction of sp³-hybridized carbons (Fsp3) is 0.308. The third kappa shape index (κ3) is 1.48. The van der Waals surface area contributed by atoms with E-state index in [1.54, 1.807) is 0 Å². The van der Waals surface area contributed by atoms with E-state index in [0.717, 1.165) is 24.3 Å². The summed E-state index contributed by atoms with van der Waals surface area (Å²) < 4.78 is 0. The standard InChI is InChI=1S/C13H15N3/c14-13-11-6-2-1-5-10(11)9-12(15-13)16-7-3-4-8-16/h1-2,5-6,9H,3-4,7-8H2,(H2,14,15). The number of rotatable bonds is 1. The first kappa shape index (κ1) is 9.46. The van der Waals surface area contributed by atoms with Crippen LogP contribution in [0.25, 0.3) is 10.8 Å². The molecule has 0 amide bonds. The van der Waals surface area contributed by atoms with Gasteiger partial charge in [-0.1, -0.05) is 24.3 Å². The number of nitrogens with two attached hydrogens (primary N) is 1. The molecule has 3 rings (SSSR count). The monoisotopic (exact) mass is 213 g/mol. The van der Waals surface area contributed by atoms with Crippen molar-refractivity contribution in [2.45, 2.75) is 12.8 Å². The normalized spacial score (nSPS) is 15.9. The predicted octanol–water partition coefficient (Wildman–Crippen LogP) is 2.42. The average molecular weight is 213 g/mol. The van der Waals surface area contributed by atoms with E-state index < -0.39 is 0 Å². The molecule has 1 aliphatic heterocycles. The molecule has 0 spiro atoms. The van der Waals surface area contributed by atoms with Crippen LogP contribution in [0.15, 0.2) is 30.3 Å². The molecule has 0 bridgehead atoms. The lowest BCUT2D eigenvalue weighted by Crippen LogP contribution is -2.19. The number of fused-ring (bicyclic) bond motifs is 1. The van der Waals surface area contributed by atoms with Crippen molar-refractivity contribution >= 4 is 22.4 Å². The lowest BCUT2D eigenvalue weighted by atomic mass is 10.1. The summed E-state index contributed by atoms with van der Waals surface area (Å²) >= 11 is 0. The van der Waals surface area contributed by atoms with Crippen molar-refractivity contribution in [2.24, 2.45) is 0 Å². The molecule has 2 N–H and O–H groups in total. The molecule has 1 aromatic carbocycles. The molecule has 2 heterocycles. The Kier molecular flexibility index (Phi) is 2.17. The average Bonchev–Trinajstić information content (AvgIpc) is 2.82. The van der Waals surface area contributed by atoms with Crippen molar-refractivity contribution in [1.29, 1.82) is 0 Å². The smallest absolute Gasteiger partial charge is 0.133 e. The molecule has 0 unspecified atom stereocenters. The Morgan fingerprint density at radius 3 is 2.69 bits per heavy atom. The zero-order chi connectivity index (χ0) is 11.0. The van der Waals surface area contributed by atoms with Crippen LogP contribution in [0.5, 0.6) is 0 Å². The maximum atomic E-state index is 5.99. The van der Waals surface area contributed by atoms with E-state index in [1.165, 1.54) is 18.2 Å². The second-order valence-corrected chi connectivity index (χ2v) is 4.28. The summed E-state index contributed by atoms with van der Waals surface area (Å²) in [7, 11) is 0. The SMILES string of the molecule is Nc1nc(N2CCCC2)cc2ccccc12. The molecule has 1 saturated heterocycles. The van der Waals surface area contributed by atoms with Gasteiger partial charge in [0.15, 0.2) is 0 Å². The second-order valence-electron chi connectivity index (χ2n) is 4.28. The number of aromatic nitrogens is 1. The lowest BCUT2D eigenvalue weighted by molar-refractivity contribution is 0.942. The molecule has 3 nitrogen and oxygen atoms in total. The first-order valence-corrected chi connectivity index (χ1v) is 5.75. The van der Waals surface area contributed by atoms with Gasteiger partial charge in [-0.05, 0) is 24.3 Å². The fourth-order valence-corrected chi connectivity index (χ4v) is 2.32. The van der Waals surface area contributed by atoms with Crippen molar-refractivity contribution in [3.05, 3.63) is 30.3 Å². The first-order chi connectivity index (χ1) is 7.84. The Labute approximate surface area is 94.9 Å². The maximum absolute atomic E-state index is 5.99. The third-order valence-electron chi connectivity index (χ3n) is 3.19.